The van der Waals surface area contributed by atoms with Gasteiger partial charge < -0.3 is 9.84 Å². The number of hydrogen-bond acceptors (Lipinski definition) is 3. The second kappa shape index (κ2) is 8.63. The molecule has 0 fully saturated rings. The van der Waals surface area contributed by atoms with Crippen LogP contribution in [0.4, 0.5) is 13.2 Å². The molecule has 156 valence electrons. The predicted molar refractivity (Wildman–Crippen MR) is 103 cm³/mol. The molecule has 2 aromatic rings. The molecule has 4 nitrogen and oxygen atoms in total. The third kappa shape index (κ3) is 5.64. The monoisotopic (exact) mass is 448 g/mol. The van der Waals surface area contributed by atoms with Gasteiger partial charge in [0, 0.05) is 12.0 Å². The van der Waals surface area contributed by atoms with Crippen LogP contribution in [0, 0.1) is 0 Å². The third-order valence-corrected chi connectivity index (χ3v) is 5.07. The maximum absolute atomic E-state index is 12.6. The molecule has 2 aromatic carbocycles. The first-order valence-electron chi connectivity index (χ1n) is 8.42. The molecule has 2 rings (SSSR count). The van der Waals surface area contributed by atoms with Crippen LogP contribution in [0.1, 0.15) is 41.8 Å². The van der Waals surface area contributed by atoms with E-state index in [2.05, 4.69) is 0 Å². The molecule has 0 aliphatic rings. The number of carboxylic acids is 1. The summed E-state index contributed by atoms with van der Waals surface area (Å²) in [6, 6.07) is 6.98. The van der Waals surface area contributed by atoms with Crippen LogP contribution < -0.4 is 4.74 Å². The number of carbonyl (C=O) groups is 2. The number of Topliss-reactive ketones (excluding diaryl/α,β-unsaturated/α-hetero) is 1. The molecule has 0 saturated heterocycles. The molecule has 0 aliphatic heterocycles. The van der Waals surface area contributed by atoms with Crippen LogP contribution in [0.15, 0.2) is 36.4 Å². The van der Waals surface area contributed by atoms with Gasteiger partial charge in [0.25, 0.3) is 0 Å². The molecule has 0 heterocycles. The summed E-state index contributed by atoms with van der Waals surface area (Å²) in [6.45, 7) is 2.71. The zero-order chi connectivity index (χ0) is 22.0. The van der Waals surface area contributed by atoms with Crippen molar-refractivity contribution in [2.45, 2.75) is 38.5 Å². The van der Waals surface area contributed by atoms with E-state index in [1.807, 2.05) is 0 Å². The lowest BCUT2D eigenvalue weighted by Gasteiger charge is -2.23. The zero-order valence-corrected chi connectivity index (χ0v) is 17.0. The molecule has 0 unspecified atom stereocenters. The summed E-state index contributed by atoms with van der Waals surface area (Å²) in [6.07, 6.45) is -4.27. The summed E-state index contributed by atoms with van der Waals surface area (Å²) >= 11 is 12.4. The Morgan fingerprint density at radius 3 is 2.10 bits per heavy atom. The smallest absolute Gasteiger partial charge is 0.416 e. The first kappa shape index (κ1) is 23.0. The molecule has 0 saturated carbocycles. The van der Waals surface area contributed by atoms with Gasteiger partial charge in [-0.2, -0.15) is 13.2 Å². The quantitative estimate of drug-likeness (QED) is 0.522. The first-order valence-corrected chi connectivity index (χ1v) is 9.18. The topological polar surface area (TPSA) is 63.6 Å². The van der Waals surface area contributed by atoms with Crippen molar-refractivity contribution in [3.63, 3.8) is 0 Å². The van der Waals surface area contributed by atoms with Crippen LogP contribution in [0.3, 0.4) is 0 Å². The van der Waals surface area contributed by atoms with Crippen LogP contribution >= 0.6 is 23.2 Å². The molecule has 0 bridgehead atoms. The minimum absolute atomic E-state index is 0.00222. The molecule has 1 N–H and O–H groups in total. The summed E-state index contributed by atoms with van der Waals surface area (Å²) < 4.78 is 43.2. The molecular weight excluding hydrogens is 432 g/mol. The van der Waals surface area contributed by atoms with Crippen LogP contribution in [-0.2, 0) is 17.4 Å². The van der Waals surface area contributed by atoms with Gasteiger partial charge in [-0.05, 0) is 44.0 Å². The molecule has 0 radical (unpaired) electrons. The summed E-state index contributed by atoms with van der Waals surface area (Å²) in [5.74, 6) is -1.45. The van der Waals surface area contributed by atoms with Crippen LogP contribution in [0.2, 0.25) is 10.0 Å². The molecule has 0 aliphatic carbocycles. The maximum atomic E-state index is 12.6. The van der Waals surface area contributed by atoms with Gasteiger partial charge in [-0.1, -0.05) is 41.4 Å². The molecule has 0 aromatic heterocycles. The number of carboxylic acid groups (broad SMARTS) is 1. The average molecular weight is 449 g/mol. The van der Waals surface area contributed by atoms with Gasteiger partial charge >= 0.3 is 12.1 Å². The zero-order valence-electron chi connectivity index (χ0n) is 15.4. The van der Waals surface area contributed by atoms with Gasteiger partial charge in [0.1, 0.15) is 10.8 Å². The molecule has 9 heteroatoms. The summed E-state index contributed by atoms with van der Waals surface area (Å²) in [5, 5.41) is 9.26. The Kier molecular flexibility index (Phi) is 6.86. The van der Waals surface area contributed by atoms with Crippen LogP contribution in [-0.4, -0.2) is 22.5 Å². The second-order valence-corrected chi connectivity index (χ2v) is 7.52. The SMILES string of the molecule is CC(C)(Oc1ccc(CCC(=O)c2ccc(C(F)(F)F)cc2)c(Cl)c1Cl)C(=O)O. The van der Waals surface area contributed by atoms with E-state index >= 15 is 0 Å². The number of ketones is 1. The fourth-order valence-electron chi connectivity index (χ4n) is 2.40. The Bertz CT molecular complexity index is 923. The lowest BCUT2D eigenvalue weighted by Crippen LogP contribution is -2.38. The summed E-state index contributed by atoms with van der Waals surface area (Å²) in [5.41, 5.74) is -1.67. The predicted octanol–water partition coefficient (Wildman–Crippen LogP) is 6.07. The molecule has 0 spiro atoms. The minimum Gasteiger partial charge on any atom is -0.478 e. The van der Waals surface area contributed by atoms with Crippen molar-refractivity contribution in [2.75, 3.05) is 0 Å². The molecule has 29 heavy (non-hydrogen) atoms. The largest absolute Gasteiger partial charge is 0.478 e. The Balaban J connectivity index is 2.10. The van der Waals surface area contributed by atoms with E-state index in [0.717, 1.165) is 24.3 Å². The fourth-order valence-corrected chi connectivity index (χ4v) is 2.87. The van der Waals surface area contributed by atoms with E-state index in [1.165, 1.54) is 19.9 Å². The fraction of sp³-hybridized carbons (Fsp3) is 0.300. The van der Waals surface area contributed by atoms with Crippen LogP contribution in [0.5, 0.6) is 5.75 Å². The second-order valence-electron chi connectivity index (χ2n) is 6.77. The van der Waals surface area contributed by atoms with Crippen molar-refractivity contribution in [3.05, 3.63) is 63.1 Å². The highest BCUT2D eigenvalue weighted by Crippen LogP contribution is 2.37. The number of ether oxygens (including phenoxy) is 1. The number of halogens is 5. The number of benzene rings is 2. The standard InChI is InChI=1S/C20H17Cl2F3O4/c1-19(2,18(27)28)29-15-10-6-12(16(21)17(15)22)5-9-14(26)11-3-7-13(8-4-11)20(23,24)25/h3-4,6-8,10H,5,9H2,1-2H3,(H,27,28). The van der Waals surface area contributed by atoms with E-state index in [9.17, 15) is 22.8 Å². The Hall–Kier alpha value is -2.25. The molecule has 0 amide bonds. The van der Waals surface area contributed by atoms with Crippen molar-refractivity contribution in [1.29, 1.82) is 0 Å². The van der Waals surface area contributed by atoms with Gasteiger partial charge in [-0.25, -0.2) is 4.79 Å². The van der Waals surface area contributed by atoms with E-state index in [1.54, 1.807) is 6.07 Å². The lowest BCUT2D eigenvalue weighted by atomic mass is 10.0. The number of alkyl halides is 3. The van der Waals surface area contributed by atoms with Gasteiger partial charge in [0.2, 0.25) is 0 Å². The van der Waals surface area contributed by atoms with Gasteiger partial charge in [-0.15, -0.1) is 0 Å². The number of hydrogen-bond donors (Lipinski definition) is 1. The highest BCUT2D eigenvalue weighted by atomic mass is 35.5. The summed E-state index contributed by atoms with van der Waals surface area (Å²) in [7, 11) is 0. The van der Waals surface area contributed by atoms with E-state index in [-0.39, 0.29) is 40.0 Å². The van der Waals surface area contributed by atoms with Crippen molar-refractivity contribution < 1.29 is 32.6 Å². The van der Waals surface area contributed by atoms with Crippen LogP contribution in [0.25, 0.3) is 0 Å². The maximum Gasteiger partial charge on any atom is 0.416 e. The summed E-state index contributed by atoms with van der Waals surface area (Å²) in [4.78, 5) is 23.4. The Morgan fingerprint density at radius 1 is 1.00 bits per heavy atom. The van der Waals surface area contributed by atoms with Gasteiger partial charge in [0.15, 0.2) is 11.4 Å². The number of aryl methyl sites for hydroxylation is 1. The van der Waals surface area contributed by atoms with Gasteiger partial charge in [0.05, 0.1) is 10.6 Å². The Labute approximate surface area is 175 Å². The average Bonchev–Trinajstić information content (AvgIpc) is 2.64. The minimum atomic E-state index is -4.47. The van der Waals surface area contributed by atoms with Gasteiger partial charge in [-0.3, -0.25) is 4.79 Å². The van der Waals surface area contributed by atoms with Crippen molar-refractivity contribution >= 4 is 35.0 Å². The first-order chi connectivity index (χ1) is 13.3. The number of aliphatic carboxylic acids is 1. The van der Waals surface area contributed by atoms with Crippen molar-refractivity contribution in [1.82, 2.24) is 0 Å². The highest BCUT2D eigenvalue weighted by Gasteiger charge is 2.31. The highest BCUT2D eigenvalue weighted by molar-refractivity contribution is 6.43. The third-order valence-electron chi connectivity index (χ3n) is 4.16. The normalized spacial score (nSPS) is 12.0. The van der Waals surface area contributed by atoms with Crippen molar-refractivity contribution in [3.8, 4) is 5.75 Å². The lowest BCUT2D eigenvalue weighted by molar-refractivity contribution is -0.152. The Morgan fingerprint density at radius 2 is 1.59 bits per heavy atom. The van der Waals surface area contributed by atoms with Crippen molar-refractivity contribution in [2.24, 2.45) is 0 Å². The molecular formula is C20H17Cl2F3O4. The molecule has 0 atom stereocenters. The number of carbonyl (C=O) groups excluding carboxylic acids is 1. The number of rotatable bonds is 7. The van der Waals surface area contributed by atoms with E-state index in [0.29, 0.717) is 5.56 Å². The van der Waals surface area contributed by atoms with E-state index < -0.39 is 23.3 Å². The van der Waals surface area contributed by atoms with E-state index in [4.69, 9.17) is 33.0 Å².